The second kappa shape index (κ2) is 3.01. The number of hydrogen-bond donors (Lipinski definition) is 0. The smallest absolute Gasteiger partial charge is 0.156 e. The van der Waals surface area contributed by atoms with Crippen molar-refractivity contribution in [1.29, 1.82) is 0 Å². The van der Waals surface area contributed by atoms with Gasteiger partial charge in [-0.2, -0.15) is 0 Å². The van der Waals surface area contributed by atoms with Gasteiger partial charge in [-0.15, -0.1) is 0 Å². The van der Waals surface area contributed by atoms with Crippen LogP contribution in [0.25, 0.3) is 0 Å². The standard InChI is InChI=1S/C14H19BrO/c1-8(2)9-4-6-13(3)10-5-7-14(15,11(9)10)12(13)16/h4,8,10-11H,5-7H2,1-3H3. The Morgan fingerprint density at radius 2 is 2.19 bits per heavy atom. The largest absolute Gasteiger partial charge is 0.297 e. The summed E-state index contributed by atoms with van der Waals surface area (Å²) in [5.74, 6) is 2.15. The van der Waals surface area contributed by atoms with Crippen LogP contribution in [0.5, 0.6) is 0 Å². The SMILES string of the molecule is CC(C)C1=CCC2(C)C(=O)C3(Br)CCC2C13. The molecule has 16 heavy (non-hydrogen) atoms. The van der Waals surface area contributed by atoms with Crippen molar-refractivity contribution in [2.24, 2.45) is 23.2 Å². The third kappa shape index (κ3) is 1.01. The predicted octanol–water partition coefficient (Wildman–Crippen LogP) is 3.72. The van der Waals surface area contributed by atoms with Crippen LogP contribution in [0.2, 0.25) is 0 Å². The molecule has 0 aliphatic heterocycles. The van der Waals surface area contributed by atoms with Gasteiger partial charge in [-0.3, -0.25) is 4.79 Å². The summed E-state index contributed by atoms with van der Waals surface area (Å²) in [6.07, 6.45) is 5.59. The Bertz CT molecular complexity index is 398. The lowest BCUT2D eigenvalue weighted by Gasteiger charge is -2.36. The molecule has 3 aliphatic rings. The van der Waals surface area contributed by atoms with Crippen LogP contribution in [0.4, 0.5) is 0 Å². The molecule has 3 aliphatic carbocycles. The van der Waals surface area contributed by atoms with Gasteiger partial charge in [-0.25, -0.2) is 0 Å². The van der Waals surface area contributed by atoms with Crippen molar-refractivity contribution in [3.8, 4) is 0 Å². The van der Waals surface area contributed by atoms with Gasteiger partial charge >= 0.3 is 0 Å². The van der Waals surface area contributed by atoms with Gasteiger partial charge < -0.3 is 0 Å². The maximum atomic E-state index is 12.6. The van der Waals surface area contributed by atoms with E-state index in [1.807, 2.05) is 0 Å². The second-order valence-corrected chi connectivity index (χ2v) is 7.71. The van der Waals surface area contributed by atoms with Crippen LogP contribution < -0.4 is 0 Å². The van der Waals surface area contributed by atoms with Crippen molar-refractivity contribution < 1.29 is 4.79 Å². The van der Waals surface area contributed by atoms with Gasteiger partial charge in [-0.1, -0.05) is 48.4 Å². The first-order chi connectivity index (χ1) is 7.41. The molecule has 0 spiro atoms. The molecule has 1 nitrogen and oxygen atoms in total. The Balaban J connectivity index is 2.15. The Morgan fingerprint density at radius 3 is 2.81 bits per heavy atom. The van der Waals surface area contributed by atoms with E-state index in [1.165, 1.54) is 12.0 Å². The number of alkyl halides is 1. The van der Waals surface area contributed by atoms with Crippen molar-refractivity contribution >= 4 is 21.7 Å². The highest BCUT2D eigenvalue weighted by Crippen LogP contribution is 2.68. The van der Waals surface area contributed by atoms with Gasteiger partial charge in [0.1, 0.15) is 0 Å². The van der Waals surface area contributed by atoms with Crippen molar-refractivity contribution in [3.63, 3.8) is 0 Å². The van der Waals surface area contributed by atoms with Crippen LogP contribution in [-0.2, 0) is 4.79 Å². The van der Waals surface area contributed by atoms with Crippen LogP contribution in [0.1, 0.15) is 40.0 Å². The molecule has 2 saturated carbocycles. The maximum Gasteiger partial charge on any atom is 0.156 e. The van der Waals surface area contributed by atoms with E-state index in [0.29, 0.717) is 23.5 Å². The minimum Gasteiger partial charge on any atom is -0.297 e. The summed E-state index contributed by atoms with van der Waals surface area (Å²) in [7, 11) is 0. The number of halogens is 1. The summed E-state index contributed by atoms with van der Waals surface area (Å²) >= 11 is 3.81. The number of ketones is 1. The van der Waals surface area contributed by atoms with Gasteiger partial charge in [0.2, 0.25) is 0 Å². The summed E-state index contributed by atoms with van der Waals surface area (Å²) in [6, 6.07) is 0. The summed E-state index contributed by atoms with van der Waals surface area (Å²) in [4.78, 5) is 12.6. The van der Waals surface area contributed by atoms with E-state index in [9.17, 15) is 4.79 Å². The molecule has 0 aromatic rings. The first-order valence-electron chi connectivity index (χ1n) is 6.35. The minimum atomic E-state index is -0.209. The molecule has 0 heterocycles. The summed E-state index contributed by atoms with van der Waals surface area (Å²) < 4.78 is -0.209. The molecule has 0 N–H and O–H groups in total. The molecule has 3 rings (SSSR count). The highest BCUT2D eigenvalue weighted by molar-refractivity contribution is 9.10. The van der Waals surface area contributed by atoms with Crippen LogP contribution in [0, 0.1) is 23.2 Å². The maximum absolute atomic E-state index is 12.6. The van der Waals surface area contributed by atoms with Crippen LogP contribution in [0.3, 0.4) is 0 Å². The molecular formula is C14H19BrO. The lowest BCUT2D eigenvalue weighted by molar-refractivity contribution is -0.129. The number of carbonyl (C=O) groups excluding carboxylic acids is 1. The fourth-order valence-electron chi connectivity index (χ4n) is 4.38. The molecule has 0 aromatic carbocycles. The van der Waals surface area contributed by atoms with Crippen LogP contribution in [0.15, 0.2) is 11.6 Å². The predicted molar refractivity (Wildman–Crippen MR) is 68.5 cm³/mol. The third-order valence-electron chi connectivity index (χ3n) is 5.22. The Kier molecular flexibility index (Phi) is 2.07. The van der Waals surface area contributed by atoms with Gasteiger partial charge in [0.25, 0.3) is 0 Å². The second-order valence-electron chi connectivity index (χ2n) is 6.29. The molecule has 0 radical (unpaired) electrons. The topological polar surface area (TPSA) is 17.1 Å². The van der Waals surface area contributed by atoms with Crippen molar-refractivity contribution in [2.75, 3.05) is 0 Å². The van der Waals surface area contributed by atoms with E-state index in [2.05, 4.69) is 42.8 Å². The zero-order valence-corrected chi connectivity index (χ0v) is 11.8. The monoisotopic (exact) mass is 282 g/mol. The number of allylic oxidation sites excluding steroid dienone is 2. The molecule has 4 atom stereocenters. The molecule has 4 bridgehead atoms. The van der Waals surface area contributed by atoms with E-state index in [-0.39, 0.29) is 9.74 Å². The summed E-state index contributed by atoms with van der Waals surface area (Å²) in [5.41, 5.74) is 1.47. The molecule has 2 fully saturated rings. The zero-order chi connectivity index (χ0) is 11.7. The van der Waals surface area contributed by atoms with E-state index >= 15 is 0 Å². The fourth-order valence-corrected chi connectivity index (χ4v) is 5.65. The van der Waals surface area contributed by atoms with Crippen molar-refractivity contribution in [3.05, 3.63) is 11.6 Å². The van der Waals surface area contributed by atoms with Crippen molar-refractivity contribution in [1.82, 2.24) is 0 Å². The van der Waals surface area contributed by atoms with Crippen LogP contribution in [-0.4, -0.2) is 10.1 Å². The normalized spacial score (nSPS) is 50.1. The average molecular weight is 283 g/mol. The summed E-state index contributed by atoms with van der Waals surface area (Å²) in [5, 5.41) is 0. The summed E-state index contributed by atoms with van der Waals surface area (Å²) in [6.45, 7) is 6.70. The molecule has 0 saturated heterocycles. The third-order valence-corrected chi connectivity index (χ3v) is 6.47. The van der Waals surface area contributed by atoms with Gasteiger partial charge in [-0.05, 0) is 31.1 Å². The quantitative estimate of drug-likeness (QED) is 0.529. The zero-order valence-electron chi connectivity index (χ0n) is 10.2. The number of Topliss-reactive ketones (excluding diaryl/α,β-unsaturated/α-hetero) is 1. The Labute approximate surface area is 106 Å². The number of carbonyl (C=O) groups is 1. The lowest BCUT2D eigenvalue weighted by Crippen LogP contribution is -2.39. The van der Waals surface area contributed by atoms with Gasteiger partial charge in [0.05, 0.1) is 4.32 Å². The lowest BCUT2D eigenvalue weighted by atomic mass is 9.66. The molecule has 0 aromatic heterocycles. The fraction of sp³-hybridized carbons (Fsp3) is 0.786. The highest BCUT2D eigenvalue weighted by atomic mass is 79.9. The minimum absolute atomic E-state index is 0.0647. The molecular weight excluding hydrogens is 264 g/mol. The van der Waals surface area contributed by atoms with E-state index in [4.69, 9.17) is 0 Å². The molecule has 88 valence electrons. The molecule has 2 heteroatoms. The first-order valence-corrected chi connectivity index (χ1v) is 7.14. The first kappa shape index (κ1) is 11.0. The van der Waals surface area contributed by atoms with Crippen LogP contribution >= 0.6 is 15.9 Å². The average Bonchev–Trinajstić information content (AvgIpc) is 2.61. The van der Waals surface area contributed by atoms with Gasteiger partial charge in [0.15, 0.2) is 5.78 Å². The molecule has 4 unspecified atom stereocenters. The Morgan fingerprint density at radius 1 is 1.50 bits per heavy atom. The van der Waals surface area contributed by atoms with E-state index < -0.39 is 0 Å². The van der Waals surface area contributed by atoms with Crippen molar-refractivity contribution in [2.45, 2.75) is 44.4 Å². The van der Waals surface area contributed by atoms with Gasteiger partial charge in [0, 0.05) is 11.3 Å². The Hall–Kier alpha value is -0.110. The number of rotatable bonds is 1. The van der Waals surface area contributed by atoms with E-state index in [0.717, 1.165) is 12.8 Å². The number of hydrogen-bond acceptors (Lipinski definition) is 1. The highest BCUT2D eigenvalue weighted by Gasteiger charge is 2.70. The molecule has 0 amide bonds. The van der Waals surface area contributed by atoms with E-state index in [1.54, 1.807) is 0 Å².